The SMILES string of the molecule is CN(c1ccncc1)S(=O)(=O)CCOc1cccc(N)c1. The van der Waals surface area contributed by atoms with Gasteiger partial charge in [0.05, 0.1) is 5.69 Å². The molecule has 112 valence electrons. The Bertz CT molecular complexity index is 690. The lowest BCUT2D eigenvalue weighted by Crippen LogP contribution is -2.31. The molecule has 0 unspecified atom stereocenters. The molecule has 7 heteroatoms. The zero-order valence-electron chi connectivity index (χ0n) is 11.6. The molecule has 0 aliphatic rings. The summed E-state index contributed by atoms with van der Waals surface area (Å²) in [6.45, 7) is 0.0568. The normalized spacial score (nSPS) is 11.1. The number of hydrogen-bond acceptors (Lipinski definition) is 5. The lowest BCUT2D eigenvalue weighted by atomic mass is 10.3. The topological polar surface area (TPSA) is 85.5 Å². The van der Waals surface area contributed by atoms with Crippen LogP contribution in [0.5, 0.6) is 5.75 Å². The second-order valence-corrected chi connectivity index (χ2v) is 6.53. The first-order chi connectivity index (χ1) is 9.99. The van der Waals surface area contributed by atoms with Gasteiger partial charge in [0.15, 0.2) is 0 Å². The Hall–Kier alpha value is -2.28. The van der Waals surface area contributed by atoms with Crippen molar-refractivity contribution < 1.29 is 13.2 Å². The highest BCUT2D eigenvalue weighted by Crippen LogP contribution is 2.16. The van der Waals surface area contributed by atoms with Gasteiger partial charge >= 0.3 is 0 Å². The molecule has 2 N–H and O–H groups in total. The molecule has 0 fully saturated rings. The van der Waals surface area contributed by atoms with E-state index in [1.807, 2.05) is 0 Å². The number of hydrogen-bond donors (Lipinski definition) is 1. The number of pyridine rings is 1. The molecule has 1 aromatic heterocycles. The van der Waals surface area contributed by atoms with E-state index in [1.165, 1.54) is 11.4 Å². The van der Waals surface area contributed by atoms with Gasteiger partial charge in [0, 0.05) is 31.2 Å². The van der Waals surface area contributed by atoms with Crippen molar-refractivity contribution in [1.29, 1.82) is 0 Å². The molecule has 1 aromatic carbocycles. The predicted octanol–water partition coefficient (Wildman–Crippen LogP) is 1.51. The van der Waals surface area contributed by atoms with E-state index in [0.717, 1.165) is 0 Å². The van der Waals surface area contributed by atoms with Crippen LogP contribution in [0, 0.1) is 0 Å². The Labute approximate surface area is 124 Å². The first-order valence-corrected chi connectivity index (χ1v) is 7.95. The lowest BCUT2D eigenvalue weighted by molar-refractivity contribution is 0.341. The third-order valence-electron chi connectivity index (χ3n) is 2.91. The summed E-state index contributed by atoms with van der Waals surface area (Å²) in [5.74, 6) is 0.428. The van der Waals surface area contributed by atoms with Crippen molar-refractivity contribution in [1.82, 2.24) is 4.98 Å². The van der Waals surface area contributed by atoms with Crippen LogP contribution in [0.1, 0.15) is 0 Å². The molecule has 2 aromatic rings. The quantitative estimate of drug-likeness (QED) is 0.818. The Morgan fingerprint density at radius 3 is 2.62 bits per heavy atom. The number of aromatic nitrogens is 1. The van der Waals surface area contributed by atoms with E-state index in [1.54, 1.807) is 48.8 Å². The highest BCUT2D eigenvalue weighted by atomic mass is 32.2. The fourth-order valence-corrected chi connectivity index (χ4v) is 2.73. The first kappa shape index (κ1) is 15.1. The molecule has 0 saturated heterocycles. The van der Waals surface area contributed by atoms with Crippen LogP contribution in [0.25, 0.3) is 0 Å². The number of benzene rings is 1. The fourth-order valence-electron chi connectivity index (χ4n) is 1.72. The standard InChI is InChI=1S/C14H17N3O3S/c1-17(13-5-7-16-8-6-13)21(18,19)10-9-20-14-4-2-3-12(15)11-14/h2-8,11H,9-10,15H2,1H3. The van der Waals surface area contributed by atoms with E-state index in [-0.39, 0.29) is 12.4 Å². The van der Waals surface area contributed by atoms with Crippen LogP contribution in [0.4, 0.5) is 11.4 Å². The van der Waals surface area contributed by atoms with Crippen molar-refractivity contribution >= 4 is 21.4 Å². The van der Waals surface area contributed by atoms with E-state index in [9.17, 15) is 8.42 Å². The van der Waals surface area contributed by atoms with E-state index in [0.29, 0.717) is 17.1 Å². The van der Waals surface area contributed by atoms with E-state index in [2.05, 4.69) is 4.98 Å². The van der Waals surface area contributed by atoms with Gasteiger partial charge in [-0.2, -0.15) is 0 Å². The molecule has 2 rings (SSSR count). The molecule has 1 heterocycles. The first-order valence-electron chi connectivity index (χ1n) is 6.34. The molecule has 0 aliphatic carbocycles. The summed E-state index contributed by atoms with van der Waals surface area (Å²) in [5, 5.41) is 0. The Morgan fingerprint density at radius 1 is 1.24 bits per heavy atom. The van der Waals surface area contributed by atoms with Crippen LogP contribution >= 0.6 is 0 Å². The second-order valence-electron chi connectivity index (χ2n) is 4.41. The number of nitrogens with two attached hydrogens (primary N) is 1. The minimum Gasteiger partial charge on any atom is -0.492 e. The monoisotopic (exact) mass is 307 g/mol. The maximum atomic E-state index is 12.2. The minimum atomic E-state index is -3.44. The van der Waals surface area contributed by atoms with Gasteiger partial charge in [-0.3, -0.25) is 9.29 Å². The third kappa shape index (κ3) is 4.09. The molecule has 0 spiro atoms. The van der Waals surface area contributed by atoms with E-state index in [4.69, 9.17) is 10.5 Å². The van der Waals surface area contributed by atoms with Crippen LogP contribution in [0.3, 0.4) is 0 Å². The summed E-state index contributed by atoms with van der Waals surface area (Å²) in [6.07, 6.45) is 3.09. The molecule has 0 atom stereocenters. The Morgan fingerprint density at radius 2 is 1.95 bits per heavy atom. The van der Waals surface area contributed by atoms with Crippen molar-refractivity contribution in [3.05, 3.63) is 48.8 Å². The number of nitrogen functional groups attached to an aromatic ring is 1. The molecular weight excluding hydrogens is 290 g/mol. The van der Waals surface area contributed by atoms with Gasteiger partial charge in [0.2, 0.25) is 10.0 Å². The smallest absolute Gasteiger partial charge is 0.238 e. The Balaban J connectivity index is 1.95. The second kappa shape index (κ2) is 6.45. The van der Waals surface area contributed by atoms with E-state index < -0.39 is 10.0 Å². The van der Waals surface area contributed by atoms with Crippen molar-refractivity contribution in [3.8, 4) is 5.75 Å². The highest BCUT2D eigenvalue weighted by Gasteiger charge is 2.18. The number of anilines is 2. The Kier molecular flexibility index (Phi) is 4.64. The number of rotatable bonds is 6. The van der Waals surface area contributed by atoms with Gasteiger partial charge in [-0.25, -0.2) is 8.42 Å². The van der Waals surface area contributed by atoms with Crippen molar-refractivity contribution in [2.24, 2.45) is 0 Å². The van der Waals surface area contributed by atoms with Crippen molar-refractivity contribution in [2.45, 2.75) is 0 Å². The molecular formula is C14H17N3O3S. The van der Waals surface area contributed by atoms with Gasteiger partial charge < -0.3 is 10.5 Å². The minimum absolute atomic E-state index is 0.0568. The summed E-state index contributed by atoms with van der Waals surface area (Å²) >= 11 is 0. The van der Waals surface area contributed by atoms with Gasteiger partial charge in [-0.15, -0.1) is 0 Å². The predicted molar refractivity (Wildman–Crippen MR) is 82.8 cm³/mol. The van der Waals surface area contributed by atoms with Crippen molar-refractivity contribution in [3.63, 3.8) is 0 Å². The van der Waals surface area contributed by atoms with Crippen LogP contribution < -0.4 is 14.8 Å². The summed E-state index contributed by atoms with van der Waals surface area (Å²) in [4.78, 5) is 3.86. The summed E-state index contributed by atoms with van der Waals surface area (Å²) in [7, 11) is -1.94. The fraction of sp³-hybridized carbons (Fsp3) is 0.214. The summed E-state index contributed by atoms with van der Waals surface area (Å²) < 4.78 is 31.0. The molecule has 6 nitrogen and oxygen atoms in total. The molecule has 0 aliphatic heterocycles. The van der Waals surface area contributed by atoms with Gasteiger partial charge in [0.25, 0.3) is 0 Å². The van der Waals surface area contributed by atoms with Gasteiger partial charge in [-0.1, -0.05) is 6.07 Å². The lowest BCUT2D eigenvalue weighted by Gasteiger charge is -2.19. The molecule has 0 saturated carbocycles. The zero-order valence-corrected chi connectivity index (χ0v) is 12.5. The largest absolute Gasteiger partial charge is 0.492 e. The number of ether oxygens (including phenoxy) is 1. The van der Waals surface area contributed by atoms with E-state index >= 15 is 0 Å². The van der Waals surface area contributed by atoms with Crippen LogP contribution in [-0.2, 0) is 10.0 Å². The highest BCUT2D eigenvalue weighted by molar-refractivity contribution is 7.92. The molecule has 0 radical (unpaired) electrons. The van der Waals surface area contributed by atoms with Gasteiger partial charge in [-0.05, 0) is 24.3 Å². The molecule has 0 bridgehead atoms. The number of sulfonamides is 1. The van der Waals surface area contributed by atoms with Crippen LogP contribution in [0.15, 0.2) is 48.8 Å². The maximum absolute atomic E-state index is 12.2. The summed E-state index contributed by atoms with van der Waals surface area (Å²) in [6, 6.07) is 10.1. The summed E-state index contributed by atoms with van der Waals surface area (Å²) in [5.41, 5.74) is 6.77. The number of nitrogens with zero attached hydrogens (tertiary/aromatic N) is 2. The van der Waals surface area contributed by atoms with Crippen molar-refractivity contribution in [2.75, 3.05) is 29.4 Å². The van der Waals surface area contributed by atoms with Crippen LogP contribution in [0.2, 0.25) is 0 Å². The average molecular weight is 307 g/mol. The third-order valence-corrected chi connectivity index (χ3v) is 4.64. The molecule has 21 heavy (non-hydrogen) atoms. The average Bonchev–Trinajstić information content (AvgIpc) is 2.47. The van der Waals surface area contributed by atoms with Crippen LogP contribution in [-0.4, -0.2) is 32.8 Å². The zero-order chi connectivity index (χ0) is 15.3. The maximum Gasteiger partial charge on any atom is 0.238 e. The van der Waals surface area contributed by atoms with Gasteiger partial charge in [0.1, 0.15) is 18.1 Å². The molecule has 0 amide bonds.